The Kier molecular flexibility index (Phi) is 6.79. The quantitative estimate of drug-likeness (QED) is 0.589. The monoisotopic (exact) mass is 355 g/mol. The van der Waals surface area contributed by atoms with Gasteiger partial charge < -0.3 is 19.9 Å². The lowest BCUT2D eigenvalue weighted by Crippen LogP contribution is -2.30. The first-order chi connectivity index (χ1) is 12.5. The fourth-order valence-electron chi connectivity index (χ4n) is 2.26. The highest BCUT2D eigenvalue weighted by Crippen LogP contribution is 2.26. The molecule has 0 saturated heterocycles. The molecule has 136 valence electrons. The lowest BCUT2D eigenvalue weighted by atomic mass is 10.1. The van der Waals surface area contributed by atoms with E-state index in [0.29, 0.717) is 11.3 Å². The smallest absolute Gasteiger partial charge is 0.331 e. The second-order valence-electron chi connectivity index (χ2n) is 5.57. The minimum absolute atomic E-state index is 0.0106. The van der Waals surface area contributed by atoms with E-state index >= 15 is 0 Å². The van der Waals surface area contributed by atoms with Crippen molar-refractivity contribution in [3.05, 3.63) is 65.7 Å². The highest BCUT2D eigenvalue weighted by molar-refractivity contribution is 5.89. The van der Waals surface area contributed by atoms with Gasteiger partial charge in [0.05, 0.1) is 13.2 Å². The van der Waals surface area contributed by atoms with E-state index in [2.05, 4.69) is 5.32 Å². The number of phenolic OH excluding ortho intramolecular Hbond substituents is 1. The van der Waals surface area contributed by atoms with E-state index in [0.717, 1.165) is 5.56 Å². The molecule has 1 amide bonds. The van der Waals surface area contributed by atoms with Crippen LogP contribution in [0.2, 0.25) is 0 Å². The van der Waals surface area contributed by atoms with Crippen molar-refractivity contribution in [1.29, 1.82) is 0 Å². The summed E-state index contributed by atoms with van der Waals surface area (Å²) in [5.74, 6) is -0.708. The van der Waals surface area contributed by atoms with E-state index in [-0.39, 0.29) is 24.3 Å². The number of amides is 1. The lowest BCUT2D eigenvalue weighted by Gasteiger charge is -2.13. The van der Waals surface area contributed by atoms with Gasteiger partial charge in [-0.25, -0.2) is 4.79 Å². The standard InChI is InChI=1S/C20H21NO5/c1-14(16-6-4-3-5-7-16)21-19(23)13-26-20(24)11-9-15-8-10-17(22)18(12-15)25-2/h3-12,14,22H,13H2,1-2H3,(H,21,23)/b11-9+/t14-/m1/s1. The molecule has 6 heteroatoms. The fourth-order valence-corrected chi connectivity index (χ4v) is 2.26. The largest absolute Gasteiger partial charge is 0.504 e. The molecule has 0 unspecified atom stereocenters. The maximum atomic E-state index is 11.9. The molecule has 1 atom stereocenters. The summed E-state index contributed by atoms with van der Waals surface area (Å²) in [5, 5.41) is 12.3. The maximum Gasteiger partial charge on any atom is 0.331 e. The van der Waals surface area contributed by atoms with Crippen LogP contribution in [0.25, 0.3) is 6.08 Å². The van der Waals surface area contributed by atoms with Crippen LogP contribution < -0.4 is 10.1 Å². The van der Waals surface area contributed by atoms with E-state index in [1.165, 1.54) is 25.3 Å². The Morgan fingerprint density at radius 2 is 1.92 bits per heavy atom. The zero-order valence-electron chi connectivity index (χ0n) is 14.6. The number of nitrogens with one attached hydrogen (secondary N) is 1. The van der Waals surface area contributed by atoms with E-state index in [9.17, 15) is 14.7 Å². The van der Waals surface area contributed by atoms with Crippen LogP contribution in [-0.4, -0.2) is 30.7 Å². The lowest BCUT2D eigenvalue weighted by molar-refractivity contribution is -0.144. The number of rotatable bonds is 7. The summed E-state index contributed by atoms with van der Waals surface area (Å²) in [6.45, 7) is 1.49. The average molecular weight is 355 g/mol. The van der Waals surface area contributed by atoms with E-state index < -0.39 is 5.97 Å². The molecule has 2 rings (SSSR count). The normalized spacial score (nSPS) is 11.8. The first kappa shape index (κ1) is 19.1. The number of carbonyl (C=O) groups is 2. The van der Waals surface area contributed by atoms with Gasteiger partial charge in [-0.2, -0.15) is 0 Å². The summed E-state index contributed by atoms with van der Waals surface area (Å²) < 4.78 is 9.92. The first-order valence-electron chi connectivity index (χ1n) is 8.05. The SMILES string of the molecule is COc1cc(/C=C/C(=O)OCC(=O)N[C@H](C)c2ccccc2)ccc1O. The number of benzene rings is 2. The molecule has 26 heavy (non-hydrogen) atoms. The Balaban J connectivity index is 1.81. The minimum Gasteiger partial charge on any atom is -0.504 e. The molecule has 0 aliphatic rings. The summed E-state index contributed by atoms with van der Waals surface area (Å²) in [4.78, 5) is 23.6. The number of esters is 1. The molecule has 2 aromatic rings. The van der Waals surface area contributed by atoms with Gasteiger partial charge in [0.2, 0.25) is 0 Å². The highest BCUT2D eigenvalue weighted by atomic mass is 16.5. The molecule has 2 N–H and O–H groups in total. The molecule has 6 nitrogen and oxygen atoms in total. The molecule has 0 fully saturated rings. The molecule has 0 bridgehead atoms. The van der Waals surface area contributed by atoms with Crippen molar-refractivity contribution in [2.45, 2.75) is 13.0 Å². The average Bonchev–Trinajstić information content (AvgIpc) is 2.66. The molecule has 2 aromatic carbocycles. The topological polar surface area (TPSA) is 84.9 Å². The predicted octanol–water partition coefficient (Wildman–Crippen LogP) is 2.83. The van der Waals surface area contributed by atoms with Crippen molar-refractivity contribution in [3.63, 3.8) is 0 Å². The molecule has 0 radical (unpaired) electrons. The summed E-state index contributed by atoms with van der Waals surface area (Å²) in [7, 11) is 1.44. The molecular formula is C20H21NO5. The van der Waals surface area contributed by atoms with Crippen LogP contribution >= 0.6 is 0 Å². The molecule has 0 heterocycles. The molecule has 0 aromatic heterocycles. The van der Waals surface area contributed by atoms with Gasteiger partial charge >= 0.3 is 5.97 Å². The van der Waals surface area contributed by atoms with Crippen molar-refractivity contribution in [3.8, 4) is 11.5 Å². The van der Waals surface area contributed by atoms with Crippen LogP contribution in [-0.2, 0) is 14.3 Å². The van der Waals surface area contributed by atoms with Crippen molar-refractivity contribution < 1.29 is 24.2 Å². The predicted molar refractivity (Wildman–Crippen MR) is 97.7 cm³/mol. The molecule has 0 aliphatic carbocycles. The van der Waals surface area contributed by atoms with Crippen LogP contribution in [0.4, 0.5) is 0 Å². The molecule has 0 spiro atoms. The van der Waals surface area contributed by atoms with Gasteiger partial charge in [-0.1, -0.05) is 36.4 Å². The van der Waals surface area contributed by atoms with E-state index in [1.807, 2.05) is 37.3 Å². The number of aromatic hydroxyl groups is 1. The Morgan fingerprint density at radius 3 is 2.62 bits per heavy atom. The van der Waals surface area contributed by atoms with Crippen LogP contribution in [0.1, 0.15) is 24.1 Å². The third-order valence-corrected chi connectivity index (χ3v) is 3.64. The Bertz CT molecular complexity index is 786. The van der Waals surface area contributed by atoms with Gasteiger partial charge in [0.25, 0.3) is 5.91 Å². The highest BCUT2D eigenvalue weighted by Gasteiger charge is 2.10. The third kappa shape index (κ3) is 5.66. The van der Waals surface area contributed by atoms with Crippen LogP contribution in [0, 0.1) is 0 Å². The Labute approximate surface area is 152 Å². The maximum absolute atomic E-state index is 11.9. The number of ether oxygens (including phenoxy) is 2. The van der Waals surface area contributed by atoms with Crippen LogP contribution in [0.3, 0.4) is 0 Å². The number of hydrogen-bond donors (Lipinski definition) is 2. The minimum atomic E-state index is -0.639. The summed E-state index contributed by atoms with van der Waals surface area (Å²) in [5.41, 5.74) is 1.62. The second-order valence-corrected chi connectivity index (χ2v) is 5.57. The molecule has 0 aliphatic heterocycles. The van der Waals surface area contributed by atoms with E-state index in [4.69, 9.17) is 9.47 Å². The van der Waals surface area contributed by atoms with Crippen LogP contribution in [0.5, 0.6) is 11.5 Å². The van der Waals surface area contributed by atoms with Crippen molar-refractivity contribution in [2.24, 2.45) is 0 Å². The fraction of sp³-hybridized carbons (Fsp3) is 0.200. The number of phenols is 1. The Morgan fingerprint density at radius 1 is 1.19 bits per heavy atom. The van der Waals surface area contributed by atoms with Gasteiger partial charge in [0, 0.05) is 6.08 Å². The summed E-state index contributed by atoms with van der Waals surface area (Å²) >= 11 is 0. The zero-order chi connectivity index (χ0) is 18.9. The number of carbonyl (C=O) groups excluding carboxylic acids is 2. The van der Waals surface area contributed by atoms with Gasteiger partial charge in [0.15, 0.2) is 18.1 Å². The number of methoxy groups -OCH3 is 1. The summed E-state index contributed by atoms with van der Waals surface area (Å²) in [6.07, 6.45) is 2.72. The molecule has 0 saturated carbocycles. The Hall–Kier alpha value is -3.28. The van der Waals surface area contributed by atoms with Crippen molar-refractivity contribution in [2.75, 3.05) is 13.7 Å². The van der Waals surface area contributed by atoms with E-state index in [1.54, 1.807) is 12.1 Å². The van der Waals surface area contributed by atoms with Crippen molar-refractivity contribution >= 4 is 18.0 Å². The third-order valence-electron chi connectivity index (χ3n) is 3.64. The van der Waals surface area contributed by atoms with Gasteiger partial charge in [0.1, 0.15) is 0 Å². The molecular weight excluding hydrogens is 334 g/mol. The second kappa shape index (κ2) is 9.27. The summed E-state index contributed by atoms with van der Waals surface area (Å²) in [6, 6.07) is 14.0. The van der Waals surface area contributed by atoms with Crippen LogP contribution in [0.15, 0.2) is 54.6 Å². The first-order valence-corrected chi connectivity index (χ1v) is 8.05. The van der Waals surface area contributed by atoms with Gasteiger partial charge in [-0.05, 0) is 36.3 Å². The van der Waals surface area contributed by atoms with Crippen molar-refractivity contribution in [1.82, 2.24) is 5.32 Å². The van der Waals surface area contributed by atoms with Gasteiger partial charge in [-0.15, -0.1) is 0 Å². The zero-order valence-corrected chi connectivity index (χ0v) is 14.6. The number of hydrogen-bond acceptors (Lipinski definition) is 5. The van der Waals surface area contributed by atoms with Gasteiger partial charge in [-0.3, -0.25) is 4.79 Å².